The lowest BCUT2D eigenvalue weighted by molar-refractivity contribution is 0.669. The third kappa shape index (κ3) is 3.29. The highest BCUT2D eigenvalue weighted by Gasteiger charge is 2.21. The first-order valence-corrected chi connectivity index (χ1v) is 14.8. The number of nitriles is 2. The lowest BCUT2D eigenvalue weighted by Crippen LogP contribution is -1.98. The number of rotatable bonds is 2. The molecule has 3 aromatic heterocycles. The van der Waals surface area contributed by atoms with Crippen molar-refractivity contribution < 1.29 is 4.42 Å². The molecule has 0 bridgehead atoms. The third-order valence-electron chi connectivity index (χ3n) is 8.48. The molecular formula is C38H19N3OS. The van der Waals surface area contributed by atoms with E-state index in [1.165, 1.54) is 0 Å². The Bertz CT molecular complexity index is 2710. The molecule has 6 aromatic carbocycles. The summed E-state index contributed by atoms with van der Waals surface area (Å²) in [7, 11) is 0. The molecule has 0 unspecified atom stereocenters. The molecular weight excluding hydrogens is 547 g/mol. The molecule has 0 aliphatic heterocycles. The van der Waals surface area contributed by atoms with Crippen molar-refractivity contribution in [3.05, 3.63) is 126 Å². The van der Waals surface area contributed by atoms with Crippen LogP contribution >= 0.6 is 11.3 Å². The van der Waals surface area contributed by atoms with Crippen LogP contribution in [0.3, 0.4) is 0 Å². The van der Waals surface area contributed by atoms with Crippen LogP contribution in [-0.2, 0) is 0 Å². The predicted octanol–water partition coefficient (Wildman–Crippen LogP) is 10.5. The van der Waals surface area contributed by atoms with E-state index in [2.05, 4.69) is 83.4 Å². The Kier molecular flexibility index (Phi) is 4.87. The monoisotopic (exact) mass is 565 g/mol. The number of thiophene rings is 1. The van der Waals surface area contributed by atoms with E-state index in [4.69, 9.17) is 4.42 Å². The highest BCUT2D eigenvalue weighted by molar-refractivity contribution is 7.27. The van der Waals surface area contributed by atoms with Gasteiger partial charge in [-0.3, -0.25) is 0 Å². The van der Waals surface area contributed by atoms with E-state index in [-0.39, 0.29) is 0 Å². The van der Waals surface area contributed by atoms with E-state index in [1.807, 2.05) is 48.5 Å². The molecule has 0 N–H and O–H groups in total. The first-order valence-electron chi connectivity index (χ1n) is 14.0. The normalized spacial score (nSPS) is 11.7. The van der Waals surface area contributed by atoms with E-state index in [1.54, 1.807) is 11.3 Å². The van der Waals surface area contributed by atoms with Crippen LogP contribution in [-0.4, -0.2) is 4.57 Å². The second kappa shape index (κ2) is 8.81. The molecule has 9 aromatic rings. The molecule has 43 heavy (non-hydrogen) atoms. The van der Waals surface area contributed by atoms with Crippen LogP contribution in [0.4, 0.5) is 0 Å². The summed E-state index contributed by atoms with van der Waals surface area (Å²) in [5, 5.41) is 26.5. The van der Waals surface area contributed by atoms with E-state index >= 15 is 0 Å². The van der Waals surface area contributed by atoms with Crippen LogP contribution < -0.4 is 0 Å². The second-order valence-corrected chi connectivity index (χ2v) is 11.8. The van der Waals surface area contributed by atoms with E-state index < -0.39 is 0 Å². The maximum Gasteiger partial charge on any atom is 0.135 e. The summed E-state index contributed by atoms with van der Waals surface area (Å²) >= 11 is 1.68. The number of nitrogens with zero attached hydrogens (tertiary/aromatic N) is 3. The van der Waals surface area contributed by atoms with E-state index in [0.29, 0.717) is 11.1 Å². The van der Waals surface area contributed by atoms with Gasteiger partial charge < -0.3 is 8.98 Å². The standard InChI is InChI=1S/C38H19N3OS/c39-20-22-12-14-25(23-13-17-35-30(19-23)26-7-2-4-11-34(26)42-35)33(18-22)41-31-10-3-1-8-29(31)36-32(41)16-15-28-27-9-5-6-24(21-40)37(27)43-38(28)36/h1-19H. The van der Waals surface area contributed by atoms with Crippen molar-refractivity contribution in [3.63, 3.8) is 0 Å². The zero-order valence-corrected chi connectivity index (χ0v) is 23.4. The predicted molar refractivity (Wildman–Crippen MR) is 176 cm³/mol. The van der Waals surface area contributed by atoms with E-state index in [9.17, 15) is 10.5 Å². The lowest BCUT2D eigenvalue weighted by atomic mass is 9.99. The van der Waals surface area contributed by atoms with Crippen molar-refractivity contribution >= 4 is 75.3 Å². The maximum absolute atomic E-state index is 9.95. The summed E-state index contributed by atoms with van der Waals surface area (Å²) < 4.78 is 10.6. The molecule has 5 heteroatoms. The molecule has 198 valence electrons. The van der Waals surface area contributed by atoms with Gasteiger partial charge in [0, 0.05) is 42.6 Å². The van der Waals surface area contributed by atoms with Crippen LogP contribution in [0.15, 0.2) is 120 Å². The van der Waals surface area contributed by atoms with E-state index in [0.717, 1.165) is 80.7 Å². The Morgan fingerprint density at radius 1 is 0.581 bits per heavy atom. The average Bonchev–Trinajstić information content (AvgIpc) is 3.73. The van der Waals surface area contributed by atoms with Gasteiger partial charge in [0.1, 0.15) is 17.2 Å². The van der Waals surface area contributed by atoms with Gasteiger partial charge in [0.05, 0.1) is 38.6 Å². The molecule has 4 nitrogen and oxygen atoms in total. The van der Waals surface area contributed by atoms with Crippen LogP contribution in [0.25, 0.3) is 80.7 Å². The van der Waals surface area contributed by atoms with Gasteiger partial charge in [0.15, 0.2) is 0 Å². The fourth-order valence-electron chi connectivity index (χ4n) is 6.58. The minimum absolute atomic E-state index is 0.598. The highest BCUT2D eigenvalue weighted by atomic mass is 32.1. The molecule has 0 fully saturated rings. The van der Waals surface area contributed by atoms with Gasteiger partial charge in [-0.05, 0) is 54.1 Å². The summed E-state index contributed by atoms with van der Waals surface area (Å²) in [4.78, 5) is 0. The molecule has 0 radical (unpaired) electrons. The fraction of sp³-hybridized carbons (Fsp3) is 0. The zero-order chi connectivity index (χ0) is 28.7. The Morgan fingerprint density at radius 2 is 1.37 bits per heavy atom. The number of benzene rings is 6. The van der Waals surface area contributed by atoms with Crippen LogP contribution in [0.5, 0.6) is 0 Å². The number of para-hydroxylation sites is 2. The number of aromatic nitrogens is 1. The molecule has 0 aliphatic carbocycles. The quantitative estimate of drug-likeness (QED) is 0.209. The van der Waals surface area contributed by atoms with Crippen molar-refractivity contribution in [2.24, 2.45) is 0 Å². The summed E-state index contributed by atoms with van der Waals surface area (Å²) in [5.41, 5.74) is 8.14. The molecule has 0 amide bonds. The third-order valence-corrected chi connectivity index (χ3v) is 9.75. The molecule has 0 spiro atoms. The van der Waals surface area contributed by atoms with Crippen molar-refractivity contribution in [1.29, 1.82) is 10.5 Å². The maximum atomic E-state index is 9.95. The number of hydrogen-bond donors (Lipinski definition) is 0. The summed E-state index contributed by atoms with van der Waals surface area (Å²) in [6, 6.07) is 43.8. The van der Waals surface area contributed by atoms with Gasteiger partial charge in [-0.1, -0.05) is 66.7 Å². The zero-order valence-electron chi connectivity index (χ0n) is 22.6. The summed E-state index contributed by atoms with van der Waals surface area (Å²) in [6.45, 7) is 0. The molecule has 3 heterocycles. The second-order valence-electron chi connectivity index (χ2n) is 10.7. The minimum Gasteiger partial charge on any atom is -0.456 e. The van der Waals surface area contributed by atoms with Crippen molar-refractivity contribution in [2.75, 3.05) is 0 Å². The van der Waals surface area contributed by atoms with Crippen LogP contribution in [0.2, 0.25) is 0 Å². The fourth-order valence-corrected chi connectivity index (χ4v) is 7.90. The summed E-state index contributed by atoms with van der Waals surface area (Å²) in [6.07, 6.45) is 0. The molecule has 0 aliphatic rings. The van der Waals surface area contributed by atoms with Gasteiger partial charge in [0.25, 0.3) is 0 Å². The van der Waals surface area contributed by atoms with Crippen LogP contribution in [0, 0.1) is 22.7 Å². The Morgan fingerprint density at radius 3 is 2.26 bits per heavy atom. The lowest BCUT2D eigenvalue weighted by Gasteiger charge is -2.15. The summed E-state index contributed by atoms with van der Waals surface area (Å²) in [5.74, 6) is 0. The molecule has 0 saturated heterocycles. The van der Waals surface area contributed by atoms with Gasteiger partial charge in [-0.25, -0.2) is 0 Å². The minimum atomic E-state index is 0.598. The highest BCUT2D eigenvalue weighted by Crippen LogP contribution is 2.45. The van der Waals surface area contributed by atoms with Crippen molar-refractivity contribution in [1.82, 2.24) is 4.57 Å². The van der Waals surface area contributed by atoms with Crippen LogP contribution in [0.1, 0.15) is 11.1 Å². The van der Waals surface area contributed by atoms with Gasteiger partial charge in [-0.2, -0.15) is 10.5 Å². The topological polar surface area (TPSA) is 65.7 Å². The largest absolute Gasteiger partial charge is 0.456 e. The Balaban J connectivity index is 1.39. The number of furan rings is 1. The number of fused-ring (bicyclic) bond motifs is 10. The smallest absolute Gasteiger partial charge is 0.135 e. The van der Waals surface area contributed by atoms with Gasteiger partial charge in [-0.15, -0.1) is 11.3 Å². The van der Waals surface area contributed by atoms with Crippen molar-refractivity contribution in [3.8, 4) is 29.0 Å². The molecule has 9 rings (SSSR count). The average molecular weight is 566 g/mol. The first kappa shape index (κ1) is 23.8. The molecule has 0 atom stereocenters. The van der Waals surface area contributed by atoms with Crippen molar-refractivity contribution in [2.45, 2.75) is 0 Å². The molecule has 0 saturated carbocycles. The SMILES string of the molecule is N#Cc1ccc(-c2ccc3oc4ccccc4c3c2)c(-n2c3ccccc3c3c4sc5c(C#N)cccc5c4ccc32)c1. The number of hydrogen-bond acceptors (Lipinski definition) is 4. The first-order chi connectivity index (χ1) is 21.2. The Hall–Kier alpha value is -5.88. The Labute approximate surface area is 249 Å². The van der Waals surface area contributed by atoms with Gasteiger partial charge in [0.2, 0.25) is 0 Å². The van der Waals surface area contributed by atoms with Gasteiger partial charge >= 0.3 is 0 Å².